The lowest BCUT2D eigenvalue weighted by Crippen LogP contribution is -2.53. The van der Waals surface area contributed by atoms with Crippen LogP contribution in [0.4, 0.5) is 10.1 Å². The van der Waals surface area contributed by atoms with Gasteiger partial charge in [0.15, 0.2) is 0 Å². The van der Waals surface area contributed by atoms with Gasteiger partial charge in [0, 0.05) is 43.3 Å². The minimum absolute atomic E-state index is 0.0855. The third kappa shape index (κ3) is 5.11. The zero-order valence-electron chi connectivity index (χ0n) is 14.5. The standard InChI is InChI=1S/C19H24FN3OS/c1-15(19(24)21-17-5-2-4-16(20)14-17)23-11-9-22(10-12-23)8-7-18-6-3-13-25-18/h2-6,13-15H,7-12H2,1H3,(H,21,24). The molecule has 0 spiro atoms. The number of nitrogens with zero attached hydrogens (tertiary/aromatic N) is 2. The van der Waals surface area contributed by atoms with Crippen LogP contribution in [0.25, 0.3) is 0 Å². The molecule has 0 bridgehead atoms. The van der Waals surface area contributed by atoms with Crippen molar-refractivity contribution >= 4 is 22.9 Å². The van der Waals surface area contributed by atoms with E-state index in [4.69, 9.17) is 0 Å². The normalized spacial score (nSPS) is 17.4. The Kier molecular flexibility index (Phi) is 6.18. The summed E-state index contributed by atoms with van der Waals surface area (Å²) in [6.07, 6.45) is 1.09. The number of rotatable bonds is 6. The molecule has 0 aliphatic carbocycles. The molecule has 1 amide bonds. The Balaban J connectivity index is 1.44. The summed E-state index contributed by atoms with van der Waals surface area (Å²) in [7, 11) is 0. The number of carbonyl (C=O) groups excluding carboxylic acids is 1. The average molecular weight is 361 g/mol. The van der Waals surface area contributed by atoms with Crippen molar-refractivity contribution in [1.82, 2.24) is 9.80 Å². The van der Waals surface area contributed by atoms with Gasteiger partial charge < -0.3 is 10.2 Å². The zero-order valence-corrected chi connectivity index (χ0v) is 15.3. The molecule has 1 aromatic heterocycles. The maximum atomic E-state index is 13.2. The summed E-state index contributed by atoms with van der Waals surface area (Å²) in [6.45, 7) is 6.68. The molecular weight excluding hydrogens is 337 g/mol. The first-order valence-corrected chi connectivity index (χ1v) is 9.55. The summed E-state index contributed by atoms with van der Waals surface area (Å²) < 4.78 is 13.2. The number of halogens is 1. The number of nitrogens with one attached hydrogen (secondary N) is 1. The largest absolute Gasteiger partial charge is 0.325 e. The van der Waals surface area contributed by atoms with Crippen molar-refractivity contribution in [3.63, 3.8) is 0 Å². The van der Waals surface area contributed by atoms with E-state index in [2.05, 4.69) is 32.6 Å². The van der Waals surface area contributed by atoms with E-state index in [0.29, 0.717) is 5.69 Å². The highest BCUT2D eigenvalue weighted by Crippen LogP contribution is 2.14. The van der Waals surface area contributed by atoms with E-state index < -0.39 is 0 Å². The molecule has 3 rings (SSSR count). The number of carbonyl (C=O) groups is 1. The molecule has 1 N–H and O–H groups in total. The number of thiophene rings is 1. The highest BCUT2D eigenvalue weighted by molar-refractivity contribution is 7.09. The number of hydrogen-bond donors (Lipinski definition) is 1. The van der Waals surface area contributed by atoms with Crippen molar-refractivity contribution in [3.8, 4) is 0 Å². The Morgan fingerprint density at radius 3 is 2.72 bits per heavy atom. The summed E-state index contributed by atoms with van der Waals surface area (Å²) in [5.74, 6) is -0.428. The number of benzene rings is 1. The van der Waals surface area contributed by atoms with Gasteiger partial charge >= 0.3 is 0 Å². The van der Waals surface area contributed by atoms with Crippen LogP contribution in [0, 0.1) is 5.82 Å². The number of anilines is 1. The van der Waals surface area contributed by atoms with E-state index in [1.807, 2.05) is 6.92 Å². The Morgan fingerprint density at radius 2 is 2.04 bits per heavy atom. The van der Waals surface area contributed by atoms with Gasteiger partial charge in [-0.05, 0) is 43.0 Å². The summed E-state index contributed by atoms with van der Waals surface area (Å²) in [5, 5.41) is 4.92. The maximum absolute atomic E-state index is 13.2. The Bertz CT molecular complexity index is 684. The molecule has 134 valence electrons. The van der Waals surface area contributed by atoms with Crippen LogP contribution in [-0.2, 0) is 11.2 Å². The Labute approximate surface area is 152 Å². The zero-order chi connectivity index (χ0) is 17.6. The number of piperazine rings is 1. The molecule has 6 heteroatoms. The first-order chi connectivity index (χ1) is 12.1. The topological polar surface area (TPSA) is 35.6 Å². The molecule has 4 nitrogen and oxygen atoms in total. The SMILES string of the molecule is CC(C(=O)Nc1cccc(F)c1)N1CCN(CCc2cccs2)CC1. The van der Waals surface area contributed by atoms with E-state index in [9.17, 15) is 9.18 Å². The minimum atomic E-state index is -0.343. The van der Waals surface area contributed by atoms with Crippen LogP contribution in [0.1, 0.15) is 11.8 Å². The van der Waals surface area contributed by atoms with Crippen LogP contribution in [-0.4, -0.2) is 54.5 Å². The summed E-state index contributed by atoms with van der Waals surface area (Å²) in [4.78, 5) is 18.5. The van der Waals surface area contributed by atoms with Crippen molar-refractivity contribution in [2.24, 2.45) is 0 Å². The molecule has 2 aromatic rings. The van der Waals surface area contributed by atoms with Gasteiger partial charge in [-0.25, -0.2) is 4.39 Å². The van der Waals surface area contributed by atoms with Crippen LogP contribution < -0.4 is 5.32 Å². The second kappa shape index (κ2) is 8.56. The van der Waals surface area contributed by atoms with Crippen molar-refractivity contribution in [1.29, 1.82) is 0 Å². The second-order valence-electron chi connectivity index (χ2n) is 6.38. The molecule has 1 saturated heterocycles. The van der Waals surface area contributed by atoms with Crippen LogP contribution in [0.15, 0.2) is 41.8 Å². The smallest absolute Gasteiger partial charge is 0.241 e. The fourth-order valence-electron chi connectivity index (χ4n) is 3.08. The predicted octanol–water partition coefficient (Wildman–Crippen LogP) is 3.07. The van der Waals surface area contributed by atoms with Gasteiger partial charge in [0.25, 0.3) is 0 Å². The van der Waals surface area contributed by atoms with Crippen molar-refractivity contribution in [3.05, 3.63) is 52.5 Å². The molecule has 25 heavy (non-hydrogen) atoms. The molecule has 1 aromatic carbocycles. The van der Waals surface area contributed by atoms with Gasteiger partial charge in [0.2, 0.25) is 5.91 Å². The summed E-state index contributed by atoms with van der Waals surface area (Å²) >= 11 is 1.81. The van der Waals surface area contributed by atoms with E-state index in [0.717, 1.165) is 39.1 Å². The number of hydrogen-bond acceptors (Lipinski definition) is 4. The van der Waals surface area contributed by atoms with E-state index in [1.165, 1.54) is 17.0 Å². The molecule has 1 aliphatic heterocycles. The van der Waals surface area contributed by atoms with E-state index in [-0.39, 0.29) is 17.8 Å². The third-order valence-corrected chi connectivity index (χ3v) is 5.62. The quantitative estimate of drug-likeness (QED) is 0.859. The lowest BCUT2D eigenvalue weighted by Gasteiger charge is -2.37. The van der Waals surface area contributed by atoms with Crippen LogP contribution in [0.3, 0.4) is 0 Å². The fourth-order valence-corrected chi connectivity index (χ4v) is 3.77. The van der Waals surface area contributed by atoms with Gasteiger partial charge in [-0.15, -0.1) is 11.3 Å². The minimum Gasteiger partial charge on any atom is -0.325 e. The van der Waals surface area contributed by atoms with Gasteiger partial charge in [-0.3, -0.25) is 9.69 Å². The van der Waals surface area contributed by atoms with Crippen LogP contribution >= 0.6 is 11.3 Å². The van der Waals surface area contributed by atoms with Gasteiger partial charge in [0.1, 0.15) is 5.82 Å². The molecule has 1 atom stereocenters. The summed E-state index contributed by atoms with van der Waals surface area (Å²) in [5.41, 5.74) is 0.506. The first kappa shape index (κ1) is 18.0. The molecule has 1 fully saturated rings. The van der Waals surface area contributed by atoms with E-state index in [1.54, 1.807) is 23.5 Å². The second-order valence-corrected chi connectivity index (χ2v) is 7.41. The van der Waals surface area contributed by atoms with Crippen molar-refractivity contribution < 1.29 is 9.18 Å². The van der Waals surface area contributed by atoms with Crippen molar-refractivity contribution in [2.75, 3.05) is 38.0 Å². The first-order valence-electron chi connectivity index (χ1n) is 8.67. The van der Waals surface area contributed by atoms with Gasteiger partial charge in [-0.1, -0.05) is 12.1 Å². The molecule has 1 unspecified atom stereocenters. The van der Waals surface area contributed by atoms with Gasteiger partial charge in [0.05, 0.1) is 6.04 Å². The highest BCUT2D eigenvalue weighted by Gasteiger charge is 2.25. The third-order valence-electron chi connectivity index (χ3n) is 4.68. The predicted molar refractivity (Wildman–Crippen MR) is 101 cm³/mol. The maximum Gasteiger partial charge on any atom is 0.241 e. The molecular formula is C19H24FN3OS. The average Bonchev–Trinajstić information content (AvgIpc) is 3.13. The lowest BCUT2D eigenvalue weighted by atomic mass is 10.2. The van der Waals surface area contributed by atoms with Crippen LogP contribution in [0.2, 0.25) is 0 Å². The fraction of sp³-hybridized carbons (Fsp3) is 0.421. The van der Waals surface area contributed by atoms with Crippen molar-refractivity contribution in [2.45, 2.75) is 19.4 Å². The van der Waals surface area contributed by atoms with E-state index >= 15 is 0 Å². The molecule has 0 radical (unpaired) electrons. The molecule has 2 heterocycles. The monoisotopic (exact) mass is 361 g/mol. The van der Waals surface area contributed by atoms with Gasteiger partial charge in [-0.2, -0.15) is 0 Å². The molecule has 0 saturated carbocycles. The number of amides is 1. The summed E-state index contributed by atoms with van der Waals surface area (Å²) in [6, 6.07) is 10.1. The molecule has 1 aliphatic rings. The highest BCUT2D eigenvalue weighted by atomic mass is 32.1. The Morgan fingerprint density at radius 1 is 1.24 bits per heavy atom. The Hall–Kier alpha value is -1.76. The van der Waals surface area contributed by atoms with Crippen LogP contribution in [0.5, 0.6) is 0 Å². The lowest BCUT2D eigenvalue weighted by molar-refractivity contribution is -0.121.